The second-order valence-electron chi connectivity index (χ2n) is 8.91. The molecule has 1 aliphatic carbocycles. The number of hydrogen-bond donors (Lipinski definition) is 0. The molecular formula is C24H25FO4. The number of carbonyl (C=O) groups is 2. The summed E-state index contributed by atoms with van der Waals surface area (Å²) in [7, 11) is 0. The van der Waals surface area contributed by atoms with Crippen LogP contribution in [-0.2, 0) is 14.3 Å². The SMILES string of the molecule is CC1(C)OC(C)(C)C(=O)C(c2cc(Oc3ccc(F)cc3)ccc2C2CC2)C1=O. The van der Waals surface area contributed by atoms with Crippen molar-refractivity contribution < 1.29 is 23.5 Å². The molecule has 2 aromatic rings. The van der Waals surface area contributed by atoms with Gasteiger partial charge in [0.1, 0.15) is 34.4 Å². The summed E-state index contributed by atoms with van der Waals surface area (Å²) in [6.45, 7) is 6.86. The standard InChI is InChI=1S/C24H25FO4/c1-23(2)21(26)20(22(27)24(3,4)29-23)19-13-17(11-12-18(19)14-5-6-14)28-16-9-7-15(25)8-10-16/h7-14,20H,5-6H2,1-4H3. The highest BCUT2D eigenvalue weighted by Crippen LogP contribution is 2.47. The number of hydrogen-bond acceptors (Lipinski definition) is 4. The number of Topliss-reactive ketones (excluding diaryl/α,β-unsaturated/α-hetero) is 2. The minimum atomic E-state index is -1.06. The summed E-state index contributed by atoms with van der Waals surface area (Å²) in [5.74, 6) is -0.337. The molecule has 0 aromatic heterocycles. The van der Waals surface area contributed by atoms with E-state index in [1.54, 1.807) is 45.9 Å². The van der Waals surface area contributed by atoms with Gasteiger partial charge in [-0.25, -0.2) is 4.39 Å². The molecule has 2 aromatic carbocycles. The van der Waals surface area contributed by atoms with Gasteiger partial charge in [-0.05, 0) is 94.0 Å². The van der Waals surface area contributed by atoms with Crippen LogP contribution >= 0.6 is 0 Å². The van der Waals surface area contributed by atoms with E-state index >= 15 is 0 Å². The number of halogens is 1. The molecule has 4 nitrogen and oxygen atoms in total. The fourth-order valence-corrected chi connectivity index (χ4v) is 4.11. The van der Waals surface area contributed by atoms with E-state index in [-0.39, 0.29) is 17.4 Å². The van der Waals surface area contributed by atoms with Gasteiger partial charge in [-0.2, -0.15) is 0 Å². The van der Waals surface area contributed by atoms with Crippen molar-refractivity contribution in [2.45, 2.75) is 63.6 Å². The lowest BCUT2D eigenvalue weighted by Crippen LogP contribution is -2.58. The summed E-state index contributed by atoms with van der Waals surface area (Å²) in [6.07, 6.45) is 2.09. The Balaban J connectivity index is 1.77. The third-order valence-electron chi connectivity index (χ3n) is 5.66. The molecule has 0 unspecified atom stereocenters. The molecule has 2 fully saturated rings. The lowest BCUT2D eigenvalue weighted by Gasteiger charge is -2.43. The summed E-state index contributed by atoms with van der Waals surface area (Å²) in [5.41, 5.74) is -0.392. The quantitative estimate of drug-likeness (QED) is 0.658. The number of ether oxygens (including phenoxy) is 2. The van der Waals surface area contributed by atoms with Gasteiger partial charge in [0.15, 0.2) is 11.6 Å². The van der Waals surface area contributed by atoms with Crippen molar-refractivity contribution in [2.24, 2.45) is 0 Å². The normalized spacial score (nSPS) is 21.3. The van der Waals surface area contributed by atoms with Crippen molar-refractivity contribution in [3.05, 3.63) is 59.4 Å². The molecule has 152 valence electrons. The maximum Gasteiger partial charge on any atom is 0.179 e. The van der Waals surface area contributed by atoms with Gasteiger partial charge in [0.05, 0.1) is 0 Å². The Morgan fingerprint density at radius 2 is 1.41 bits per heavy atom. The number of benzene rings is 2. The van der Waals surface area contributed by atoms with E-state index in [2.05, 4.69) is 0 Å². The van der Waals surface area contributed by atoms with Crippen LogP contribution in [0.3, 0.4) is 0 Å². The third-order valence-corrected chi connectivity index (χ3v) is 5.66. The molecule has 2 aliphatic rings. The summed E-state index contributed by atoms with van der Waals surface area (Å²) in [6, 6.07) is 11.3. The summed E-state index contributed by atoms with van der Waals surface area (Å²) in [5, 5.41) is 0. The van der Waals surface area contributed by atoms with Gasteiger partial charge >= 0.3 is 0 Å². The molecule has 1 saturated heterocycles. The van der Waals surface area contributed by atoms with E-state index in [0.717, 1.165) is 18.4 Å². The van der Waals surface area contributed by atoms with Crippen LogP contribution in [-0.4, -0.2) is 22.8 Å². The summed E-state index contributed by atoms with van der Waals surface area (Å²) >= 11 is 0. The second kappa shape index (κ2) is 6.77. The minimum absolute atomic E-state index is 0.234. The Hall–Kier alpha value is -2.53. The Labute approximate surface area is 170 Å². The first kappa shape index (κ1) is 19.8. The van der Waals surface area contributed by atoms with Crippen molar-refractivity contribution in [3.8, 4) is 11.5 Å². The molecule has 1 aliphatic heterocycles. The Morgan fingerprint density at radius 1 is 0.862 bits per heavy atom. The molecule has 1 heterocycles. The molecular weight excluding hydrogens is 371 g/mol. The highest BCUT2D eigenvalue weighted by molar-refractivity contribution is 6.15. The number of carbonyl (C=O) groups excluding carboxylic acids is 2. The van der Waals surface area contributed by atoms with E-state index in [0.29, 0.717) is 23.0 Å². The third kappa shape index (κ3) is 3.71. The van der Waals surface area contributed by atoms with Crippen LogP contribution < -0.4 is 4.74 Å². The molecule has 5 heteroatoms. The van der Waals surface area contributed by atoms with E-state index < -0.39 is 17.1 Å². The van der Waals surface area contributed by atoms with Gasteiger partial charge in [-0.3, -0.25) is 9.59 Å². The van der Waals surface area contributed by atoms with Crippen molar-refractivity contribution in [1.82, 2.24) is 0 Å². The average molecular weight is 396 g/mol. The summed E-state index contributed by atoms with van der Waals surface area (Å²) < 4.78 is 24.9. The van der Waals surface area contributed by atoms with Gasteiger partial charge < -0.3 is 9.47 Å². The zero-order chi connectivity index (χ0) is 21.0. The monoisotopic (exact) mass is 396 g/mol. The predicted molar refractivity (Wildman–Crippen MR) is 107 cm³/mol. The Bertz CT molecular complexity index is 945. The first-order valence-corrected chi connectivity index (χ1v) is 9.94. The van der Waals surface area contributed by atoms with Gasteiger partial charge in [0, 0.05) is 0 Å². The van der Waals surface area contributed by atoms with E-state index in [1.807, 2.05) is 12.1 Å². The largest absolute Gasteiger partial charge is 0.457 e. The highest BCUT2D eigenvalue weighted by atomic mass is 19.1. The number of ketones is 2. The molecule has 0 amide bonds. The van der Waals surface area contributed by atoms with Crippen molar-refractivity contribution in [3.63, 3.8) is 0 Å². The smallest absolute Gasteiger partial charge is 0.179 e. The summed E-state index contributed by atoms with van der Waals surface area (Å²) in [4.78, 5) is 26.4. The molecule has 4 rings (SSSR count). The Kier molecular flexibility index (Phi) is 4.61. The lowest BCUT2D eigenvalue weighted by molar-refractivity contribution is -0.184. The van der Waals surface area contributed by atoms with Crippen LogP contribution in [0.15, 0.2) is 42.5 Å². The van der Waals surface area contributed by atoms with E-state index in [9.17, 15) is 14.0 Å². The molecule has 0 spiro atoms. The molecule has 1 saturated carbocycles. The Morgan fingerprint density at radius 3 is 1.97 bits per heavy atom. The first-order valence-electron chi connectivity index (χ1n) is 9.94. The van der Waals surface area contributed by atoms with Crippen LogP contribution in [0.5, 0.6) is 11.5 Å². The average Bonchev–Trinajstić information content (AvgIpc) is 3.47. The highest BCUT2D eigenvalue weighted by Gasteiger charge is 2.53. The lowest BCUT2D eigenvalue weighted by atomic mass is 9.73. The maximum atomic E-state index is 13.2. The maximum absolute atomic E-state index is 13.2. The van der Waals surface area contributed by atoms with Crippen LogP contribution in [0.2, 0.25) is 0 Å². The van der Waals surface area contributed by atoms with Crippen LogP contribution in [0, 0.1) is 5.82 Å². The molecule has 0 N–H and O–H groups in total. The second-order valence-corrected chi connectivity index (χ2v) is 8.91. The number of rotatable bonds is 4. The van der Waals surface area contributed by atoms with Gasteiger partial charge in [0.25, 0.3) is 0 Å². The van der Waals surface area contributed by atoms with Crippen molar-refractivity contribution >= 4 is 11.6 Å². The van der Waals surface area contributed by atoms with Crippen molar-refractivity contribution in [2.75, 3.05) is 0 Å². The fraction of sp³-hybridized carbons (Fsp3) is 0.417. The van der Waals surface area contributed by atoms with Crippen LogP contribution in [0.4, 0.5) is 4.39 Å². The van der Waals surface area contributed by atoms with Gasteiger partial charge in [-0.15, -0.1) is 0 Å². The van der Waals surface area contributed by atoms with Crippen LogP contribution in [0.25, 0.3) is 0 Å². The molecule has 0 bridgehead atoms. The van der Waals surface area contributed by atoms with Gasteiger partial charge in [0.2, 0.25) is 0 Å². The molecule has 29 heavy (non-hydrogen) atoms. The van der Waals surface area contributed by atoms with Crippen molar-refractivity contribution in [1.29, 1.82) is 0 Å². The molecule has 0 atom stereocenters. The molecule has 0 radical (unpaired) electrons. The van der Waals surface area contributed by atoms with Gasteiger partial charge in [-0.1, -0.05) is 6.07 Å². The zero-order valence-electron chi connectivity index (χ0n) is 17.1. The van der Waals surface area contributed by atoms with E-state index in [1.165, 1.54) is 12.1 Å². The topological polar surface area (TPSA) is 52.6 Å². The minimum Gasteiger partial charge on any atom is -0.457 e. The predicted octanol–water partition coefficient (Wildman–Crippen LogP) is 5.30. The van der Waals surface area contributed by atoms with E-state index in [4.69, 9.17) is 9.47 Å². The fourth-order valence-electron chi connectivity index (χ4n) is 4.11. The first-order chi connectivity index (χ1) is 13.6. The zero-order valence-corrected chi connectivity index (χ0v) is 17.1. The van der Waals surface area contributed by atoms with Crippen LogP contribution in [0.1, 0.15) is 63.5 Å².